The summed E-state index contributed by atoms with van der Waals surface area (Å²) in [5, 5.41) is 11.8. The number of hydrogen-bond donors (Lipinski definition) is 2. The molecule has 0 spiro atoms. The number of carbonyl (C=O) groups excluding carboxylic acids is 1. The SMILES string of the molecule is CNC(=O)c1cc(F)cc(-c2ccc(OC(C)C)c(C(=O)O)c2)c1. The van der Waals surface area contributed by atoms with Crippen LogP contribution in [0.4, 0.5) is 4.39 Å². The summed E-state index contributed by atoms with van der Waals surface area (Å²) in [7, 11) is 1.45. The van der Waals surface area contributed by atoms with E-state index in [2.05, 4.69) is 5.32 Å². The largest absolute Gasteiger partial charge is 0.490 e. The third-order valence-corrected chi connectivity index (χ3v) is 3.29. The molecule has 2 N–H and O–H groups in total. The van der Waals surface area contributed by atoms with Crippen LogP contribution in [0.15, 0.2) is 36.4 Å². The Morgan fingerprint density at radius 3 is 2.42 bits per heavy atom. The maximum atomic E-state index is 13.8. The molecule has 0 aliphatic rings. The Labute approximate surface area is 139 Å². The zero-order chi connectivity index (χ0) is 17.9. The Bertz CT molecular complexity index is 787. The summed E-state index contributed by atoms with van der Waals surface area (Å²) in [6.07, 6.45) is -0.178. The van der Waals surface area contributed by atoms with Gasteiger partial charge in [0, 0.05) is 12.6 Å². The van der Waals surface area contributed by atoms with Gasteiger partial charge in [0.2, 0.25) is 0 Å². The predicted molar refractivity (Wildman–Crippen MR) is 87.9 cm³/mol. The highest BCUT2D eigenvalue weighted by molar-refractivity contribution is 5.96. The van der Waals surface area contributed by atoms with Crippen LogP contribution in [-0.2, 0) is 0 Å². The molecule has 6 heteroatoms. The second kappa shape index (κ2) is 7.12. The van der Waals surface area contributed by atoms with Crippen molar-refractivity contribution < 1.29 is 23.8 Å². The molecular weight excluding hydrogens is 313 g/mol. The van der Waals surface area contributed by atoms with Gasteiger partial charge in [0.15, 0.2) is 0 Å². The Morgan fingerprint density at radius 1 is 1.12 bits per heavy atom. The standard InChI is InChI=1S/C18H18FNO4/c1-10(2)24-16-5-4-11(9-15(16)18(22)23)12-6-13(17(21)20-3)8-14(19)7-12/h4-10H,1-3H3,(H,20,21)(H,22,23). The minimum atomic E-state index is -1.14. The van der Waals surface area contributed by atoms with Crippen LogP contribution in [0.25, 0.3) is 11.1 Å². The number of ether oxygens (including phenoxy) is 1. The van der Waals surface area contributed by atoms with E-state index in [1.807, 2.05) is 0 Å². The second-order valence-corrected chi connectivity index (χ2v) is 5.49. The van der Waals surface area contributed by atoms with E-state index in [1.165, 1.54) is 31.3 Å². The van der Waals surface area contributed by atoms with Crippen LogP contribution in [0.1, 0.15) is 34.6 Å². The van der Waals surface area contributed by atoms with E-state index in [9.17, 15) is 19.1 Å². The third kappa shape index (κ3) is 3.90. The monoisotopic (exact) mass is 331 g/mol. The van der Waals surface area contributed by atoms with Gasteiger partial charge in [-0.1, -0.05) is 6.07 Å². The first-order valence-corrected chi connectivity index (χ1v) is 7.39. The van der Waals surface area contributed by atoms with Gasteiger partial charge in [-0.05, 0) is 55.3 Å². The maximum Gasteiger partial charge on any atom is 0.339 e. The molecule has 24 heavy (non-hydrogen) atoms. The lowest BCUT2D eigenvalue weighted by Crippen LogP contribution is -2.18. The molecule has 0 saturated carbocycles. The van der Waals surface area contributed by atoms with Crippen molar-refractivity contribution in [2.45, 2.75) is 20.0 Å². The van der Waals surface area contributed by atoms with Gasteiger partial charge in [0.05, 0.1) is 6.10 Å². The van der Waals surface area contributed by atoms with E-state index in [0.29, 0.717) is 11.1 Å². The smallest absolute Gasteiger partial charge is 0.339 e. The van der Waals surface area contributed by atoms with Gasteiger partial charge in [-0.15, -0.1) is 0 Å². The van der Waals surface area contributed by atoms with Gasteiger partial charge in [0.1, 0.15) is 17.1 Å². The summed E-state index contributed by atoms with van der Waals surface area (Å²) in [4.78, 5) is 23.2. The highest BCUT2D eigenvalue weighted by atomic mass is 19.1. The number of hydrogen-bond acceptors (Lipinski definition) is 3. The lowest BCUT2D eigenvalue weighted by atomic mass is 10.00. The average Bonchev–Trinajstić information content (AvgIpc) is 2.53. The molecule has 0 radical (unpaired) electrons. The minimum absolute atomic E-state index is 0.0213. The molecule has 0 aliphatic heterocycles. The molecule has 2 aromatic rings. The summed E-state index contributed by atoms with van der Waals surface area (Å²) in [5.74, 6) is -1.90. The fourth-order valence-corrected chi connectivity index (χ4v) is 2.27. The van der Waals surface area contributed by atoms with E-state index < -0.39 is 17.7 Å². The molecule has 0 bridgehead atoms. The Hall–Kier alpha value is -2.89. The molecule has 0 fully saturated rings. The molecule has 126 valence electrons. The number of carbonyl (C=O) groups is 2. The maximum absolute atomic E-state index is 13.8. The number of aromatic carboxylic acids is 1. The molecule has 0 aromatic heterocycles. The summed E-state index contributed by atoms with van der Waals surface area (Å²) in [5.41, 5.74) is 1.03. The van der Waals surface area contributed by atoms with Crippen LogP contribution in [0, 0.1) is 5.82 Å². The number of rotatable bonds is 5. The summed E-state index contributed by atoms with van der Waals surface area (Å²) >= 11 is 0. The second-order valence-electron chi connectivity index (χ2n) is 5.49. The average molecular weight is 331 g/mol. The van der Waals surface area contributed by atoms with Gasteiger partial charge < -0.3 is 15.2 Å². The van der Waals surface area contributed by atoms with E-state index >= 15 is 0 Å². The van der Waals surface area contributed by atoms with Crippen molar-refractivity contribution in [3.05, 3.63) is 53.3 Å². The van der Waals surface area contributed by atoms with Crippen LogP contribution in [0.2, 0.25) is 0 Å². The lowest BCUT2D eigenvalue weighted by Gasteiger charge is -2.14. The fraction of sp³-hybridized carbons (Fsp3) is 0.222. The van der Waals surface area contributed by atoms with Crippen molar-refractivity contribution in [1.29, 1.82) is 0 Å². The Balaban J connectivity index is 2.53. The van der Waals surface area contributed by atoms with E-state index in [1.54, 1.807) is 19.9 Å². The van der Waals surface area contributed by atoms with Crippen LogP contribution >= 0.6 is 0 Å². The fourth-order valence-electron chi connectivity index (χ4n) is 2.27. The van der Waals surface area contributed by atoms with Crippen LogP contribution in [0.5, 0.6) is 5.75 Å². The van der Waals surface area contributed by atoms with Gasteiger partial charge in [-0.2, -0.15) is 0 Å². The highest BCUT2D eigenvalue weighted by Gasteiger charge is 2.15. The quantitative estimate of drug-likeness (QED) is 0.881. The summed E-state index contributed by atoms with van der Waals surface area (Å²) < 4.78 is 19.3. The molecule has 0 atom stereocenters. The Kier molecular flexibility index (Phi) is 5.18. The van der Waals surface area contributed by atoms with Gasteiger partial charge in [0.25, 0.3) is 5.91 Å². The van der Waals surface area contributed by atoms with Crippen molar-refractivity contribution in [2.24, 2.45) is 0 Å². The normalized spacial score (nSPS) is 10.5. The van der Waals surface area contributed by atoms with Gasteiger partial charge in [-0.25, -0.2) is 9.18 Å². The number of halogens is 1. The first-order chi connectivity index (χ1) is 11.3. The van der Waals surface area contributed by atoms with E-state index in [0.717, 1.165) is 6.07 Å². The van der Waals surface area contributed by atoms with E-state index in [-0.39, 0.29) is 23.0 Å². The van der Waals surface area contributed by atoms with Crippen LogP contribution in [0.3, 0.4) is 0 Å². The molecule has 0 aliphatic carbocycles. The van der Waals surface area contributed by atoms with Crippen molar-refractivity contribution in [1.82, 2.24) is 5.32 Å². The molecule has 2 rings (SSSR count). The molecule has 5 nitrogen and oxygen atoms in total. The van der Waals surface area contributed by atoms with Crippen molar-refractivity contribution in [2.75, 3.05) is 7.05 Å². The van der Waals surface area contributed by atoms with Crippen molar-refractivity contribution >= 4 is 11.9 Å². The van der Waals surface area contributed by atoms with E-state index in [4.69, 9.17) is 4.74 Å². The number of amides is 1. The minimum Gasteiger partial charge on any atom is -0.490 e. The molecule has 1 amide bonds. The third-order valence-electron chi connectivity index (χ3n) is 3.29. The Morgan fingerprint density at radius 2 is 1.83 bits per heavy atom. The summed E-state index contributed by atoms with van der Waals surface area (Å²) in [6.45, 7) is 3.59. The van der Waals surface area contributed by atoms with Crippen molar-refractivity contribution in [3.8, 4) is 16.9 Å². The molecule has 0 heterocycles. The predicted octanol–water partition coefficient (Wildman–Crippen LogP) is 3.34. The molecule has 2 aromatic carbocycles. The number of carboxylic acid groups (broad SMARTS) is 1. The first kappa shape index (κ1) is 17.5. The number of nitrogens with one attached hydrogen (secondary N) is 1. The molecular formula is C18H18FNO4. The number of benzene rings is 2. The summed E-state index contributed by atoms with van der Waals surface area (Å²) in [6, 6.07) is 8.44. The molecule has 0 saturated heterocycles. The molecule has 0 unspecified atom stereocenters. The van der Waals surface area contributed by atoms with Crippen LogP contribution < -0.4 is 10.1 Å². The van der Waals surface area contributed by atoms with Gasteiger partial charge in [-0.3, -0.25) is 4.79 Å². The topological polar surface area (TPSA) is 75.6 Å². The van der Waals surface area contributed by atoms with Gasteiger partial charge >= 0.3 is 5.97 Å². The first-order valence-electron chi connectivity index (χ1n) is 7.39. The van der Waals surface area contributed by atoms with Crippen LogP contribution in [-0.4, -0.2) is 30.1 Å². The lowest BCUT2D eigenvalue weighted by molar-refractivity contribution is 0.0690. The highest BCUT2D eigenvalue weighted by Crippen LogP contribution is 2.29. The van der Waals surface area contributed by atoms with Crippen molar-refractivity contribution in [3.63, 3.8) is 0 Å². The zero-order valence-electron chi connectivity index (χ0n) is 13.6. The zero-order valence-corrected chi connectivity index (χ0v) is 13.6. The number of carboxylic acids is 1.